The van der Waals surface area contributed by atoms with Crippen molar-refractivity contribution in [3.8, 4) is 11.8 Å². The summed E-state index contributed by atoms with van der Waals surface area (Å²) < 4.78 is 5.51. The van der Waals surface area contributed by atoms with Crippen LogP contribution in [0.3, 0.4) is 0 Å². The molecule has 0 atom stereocenters. The molecule has 0 N–H and O–H groups in total. The third-order valence-corrected chi connectivity index (χ3v) is 2.31. The zero-order valence-corrected chi connectivity index (χ0v) is 9.33. The highest BCUT2D eigenvalue weighted by atomic mass is 35.5. The number of para-hydroxylation sites is 1. The fourth-order valence-corrected chi connectivity index (χ4v) is 1.43. The number of hydrogen-bond donors (Lipinski definition) is 0. The minimum atomic E-state index is 0.592. The van der Waals surface area contributed by atoms with Gasteiger partial charge in [0.05, 0.1) is 12.2 Å². The number of nitrogens with zero attached hydrogens (tertiary/aromatic N) is 1. The van der Waals surface area contributed by atoms with E-state index in [2.05, 4.69) is 6.07 Å². The number of benzene rings is 1. The van der Waals surface area contributed by atoms with Gasteiger partial charge in [0.15, 0.2) is 0 Å². The number of nitriles is 1. The summed E-state index contributed by atoms with van der Waals surface area (Å²) in [6, 6.07) is 9.38. The molecule has 0 heterocycles. The molecule has 1 rings (SSSR count). The summed E-state index contributed by atoms with van der Waals surface area (Å²) >= 11 is 5.56. The zero-order valence-electron chi connectivity index (χ0n) is 8.58. The summed E-state index contributed by atoms with van der Waals surface area (Å²) in [6.45, 7) is 0.648. The monoisotopic (exact) mass is 223 g/mol. The average Bonchev–Trinajstić information content (AvgIpc) is 2.29. The maximum Gasteiger partial charge on any atom is 0.137 e. The van der Waals surface area contributed by atoms with Gasteiger partial charge in [-0.3, -0.25) is 0 Å². The lowest BCUT2D eigenvalue weighted by Crippen LogP contribution is -1.99. The Morgan fingerprint density at radius 2 is 2.00 bits per heavy atom. The van der Waals surface area contributed by atoms with Crippen LogP contribution in [-0.2, 0) is 0 Å². The van der Waals surface area contributed by atoms with E-state index in [0.717, 1.165) is 19.3 Å². The van der Waals surface area contributed by atoms with E-state index >= 15 is 0 Å². The molecule has 0 aliphatic carbocycles. The van der Waals surface area contributed by atoms with Gasteiger partial charge in [-0.25, -0.2) is 0 Å². The van der Waals surface area contributed by atoms with E-state index in [0.29, 0.717) is 23.8 Å². The van der Waals surface area contributed by atoms with Crippen molar-refractivity contribution in [1.82, 2.24) is 0 Å². The predicted octanol–water partition coefficient (Wildman–Crippen LogP) is 3.35. The first-order chi connectivity index (χ1) is 7.38. The first-order valence-corrected chi connectivity index (χ1v) is 5.60. The Bertz CT molecular complexity index is 333. The van der Waals surface area contributed by atoms with Gasteiger partial charge in [0.25, 0.3) is 0 Å². The van der Waals surface area contributed by atoms with E-state index in [4.69, 9.17) is 21.6 Å². The number of hydrogen-bond acceptors (Lipinski definition) is 2. The second kappa shape index (κ2) is 7.14. The molecule has 0 aliphatic rings. The highest BCUT2D eigenvalue weighted by Gasteiger charge is 2.00. The van der Waals surface area contributed by atoms with Gasteiger partial charge in [0.2, 0.25) is 0 Å². The van der Waals surface area contributed by atoms with E-state index in [1.807, 2.05) is 18.2 Å². The van der Waals surface area contributed by atoms with Crippen molar-refractivity contribution in [2.75, 3.05) is 12.5 Å². The zero-order chi connectivity index (χ0) is 10.9. The molecular formula is C12H14ClNO. The van der Waals surface area contributed by atoms with Crippen LogP contribution in [0.25, 0.3) is 0 Å². The molecule has 0 unspecified atom stereocenters. The van der Waals surface area contributed by atoms with Crippen LogP contribution in [0.5, 0.6) is 5.75 Å². The van der Waals surface area contributed by atoms with Crippen molar-refractivity contribution in [2.24, 2.45) is 0 Å². The van der Waals surface area contributed by atoms with Crippen LogP contribution < -0.4 is 4.74 Å². The Balaban J connectivity index is 2.34. The number of rotatable bonds is 6. The predicted molar refractivity (Wildman–Crippen MR) is 61.2 cm³/mol. The quantitative estimate of drug-likeness (QED) is 0.547. The standard InChI is InChI=1S/C12H14ClNO/c13-8-4-1-5-9-15-12-7-3-2-6-11(12)10-14/h2-3,6-7H,1,4-5,8-9H2. The molecular weight excluding hydrogens is 210 g/mol. The van der Waals surface area contributed by atoms with Gasteiger partial charge in [-0.2, -0.15) is 5.26 Å². The third-order valence-electron chi connectivity index (χ3n) is 2.04. The number of halogens is 1. The van der Waals surface area contributed by atoms with Gasteiger partial charge >= 0.3 is 0 Å². The van der Waals surface area contributed by atoms with Crippen molar-refractivity contribution in [3.05, 3.63) is 29.8 Å². The largest absolute Gasteiger partial charge is 0.492 e. The van der Waals surface area contributed by atoms with Crippen molar-refractivity contribution in [1.29, 1.82) is 5.26 Å². The van der Waals surface area contributed by atoms with E-state index in [9.17, 15) is 0 Å². The van der Waals surface area contributed by atoms with Gasteiger partial charge in [-0.1, -0.05) is 12.1 Å². The van der Waals surface area contributed by atoms with Crippen LogP contribution in [0.2, 0.25) is 0 Å². The van der Waals surface area contributed by atoms with Crippen molar-refractivity contribution < 1.29 is 4.74 Å². The molecule has 0 amide bonds. The molecule has 80 valence electrons. The second-order valence-electron chi connectivity index (χ2n) is 3.21. The molecule has 0 saturated carbocycles. The summed E-state index contributed by atoms with van der Waals surface area (Å²) in [5.74, 6) is 1.38. The number of alkyl halides is 1. The molecule has 0 aliphatic heterocycles. The number of unbranched alkanes of at least 4 members (excludes halogenated alkanes) is 2. The number of ether oxygens (including phenoxy) is 1. The first kappa shape index (κ1) is 11.9. The van der Waals surface area contributed by atoms with Crippen molar-refractivity contribution >= 4 is 11.6 Å². The summed E-state index contributed by atoms with van der Waals surface area (Å²) in [7, 11) is 0. The fourth-order valence-electron chi connectivity index (χ4n) is 1.24. The van der Waals surface area contributed by atoms with Gasteiger partial charge in [-0.15, -0.1) is 11.6 Å². The van der Waals surface area contributed by atoms with Crippen LogP contribution in [0.15, 0.2) is 24.3 Å². The molecule has 0 bridgehead atoms. The molecule has 3 heteroatoms. The first-order valence-electron chi connectivity index (χ1n) is 5.06. The molecule has 1 aromatic rings. The molecule has 0 radical (unpaired) electrons. The Hall–Kier alpha value is -1.20. The van der Waals surface area contributed by atoms with E-state index in [1.165, 1.54) is 0 Å². The Morgan fingerprint density at radius 3 is 2.73 bits per heavy atom. The molecule has 0 spiro atoms. The normalized spacial score (nSPS) is 9.60. The maximum absolute atomic E-state index is 8.81. The van der Waals surface area contributed by atoms with E-state index in [1.54, 1.807) is 6.07 Å². The van der Waals surface area contributed by atoms with E-state index in [-0.39, 0.29) is 0 Å². The van der Waals surface area contributed by atoms with E-state index < -0.39 is 0 Å². The highest BCUT2D eigenvalue weighted by Crippen LogP contribution is 2.16. The Labute approximate surface area is 95.4 Å². The van der Waals surface area contributed by atoms with Gasteiger partial charge in [-0.05, 0) is 31.4 Å². The second-order valence-corrected chi connectivity index (χ2v) is 3.58. The lowest BCUT2D eigenvalue weighted by Gasteiger charge is -2.06. The Kier molecular flexibility index (Phi) is 5.65. The van der Waals surface area contributed by atoms with Crippen LogP contribution in [0.1, 0.15) is 24.8 Å². The Morgan fingerprint density at radius 1 is 1.20 bits per heavy atom. The molecule has 0 aromatic heterocycles. The summed E-state index contributed by atoms with van der Waals surface area (Å²) in [6.07, 6.45) is 3.06. The van der Waals surface area contributed by atoms with Crippen LogP contribution in [0.4, 0.5) is 0 Å². The summed E-state index contributed by atoms with van der Waals surface area (Å²) in [5, 5.41) is 8.81. The topological polar surface area (TPSA) is 33.0 Å². The van der Waals surface area contributed by atoms with Crippen molar-refractivity contribution in [2.45, 2.75) is 19.3 Å². The minimum absolute atomic E-state index is 0.592. The van der Waals surface area contributed by atoms with Crippen LogP contribution >= 0.6 is 11.6 Å². The van der Waals surface area contributed by atoms with Crippen molar-refractivity contribution in [3.63, 3.8) is 0 Å². The SMILES string of the molecule is N#Cc1ccccc1OCCCCCCl. The summed E-state index contributed by atoms with van der Waals surface area (Å²) in [5.41, 5.74) is 0.592. The van der Waals surface area contributed by atoms with Gasteiger partial charge in [0.1, 0.15) is 11.8 Å². The lowest BCUT2D eigenvalue weighted by molar-refractivity contribution is 0.305. The smallest absolute Gasteiger partial charge is 0.137 e. The highest BCUT2D eigenvalue weighted by molar-refractivity contribution is 6.17. The molecule has 0 saturated heterocycles. The molecule has 0 fully saturated rings. The average molecular weight is 224 g/mol. The summed E-state index contributed by atoms with van der Waals surface area (Å²) in [4.78, 5) is 0. The third kappa shape index (κ3) is 4.22. The maximum atomic E-state index is 8.81. The van der Waals surface area contributed by atoms with Crippen LogP contribution in [0, 0.1) is 11.3 Å². The minimum Gasteiger partial charge on any atom is -0.492 e. The molecule has 15 heavy (non-hydrogen) atoms. The molecule has 1 aromatic carbocycles. The van der Waals surface area contributed by atoms with Crippen LogP contribution in [-0.4, -0.2) is 12.5 Å². The van der Waals surface area contributed by atoms with Gasteiger partial charge in [0, 0.05) is 5.88 Å². The van der Waals surface area contributed by atoms with Gasteiger partial charge < -0.3 is 4.74 Å². The lowest BCUT2D eigenvalue weighted by atomic mass is 10.2. The fraction of sp³-hybridized carbons (Fsp3) is 0.417. The molecule has 2 nitrogen and oxygen atoms in total.